The minimum atomic E-state index is -2.73. The Morgan fingerprint density at radius 1 is 1.19 bits per heavy atom. The second-order valence-corrected chi connectivity index (χ2v) is 5.82. The Hall–Kier alpha value is -3.59. The van der Waals surface area contributed by atoms with Crippen LogP contribution in [0, 0.1) is 0 Å². The molecular weight excluding hydrogens is 353 g/mol. The first-order valence-corrected chi connectivity index (χ1v) is 8.06. The summed E-state index contributed by atoms with van der Waals surface area (Å²) in [7, 11) is 0. The van der Waals surface area contributed by atoms with Gasteiger partial charge >= 0.3 is 0 Å². The van der Waals surface area contributed by atoms with Crippen molar-refractivity contribution in [3.05, 3.63) is 66.1 Å². The molecule has 27 heavy (non-hydrogen) atoms. The van der Waals surface area contributed by atoms with E-state index in [1.54, 1.807) is 24.3 Å². The zero-order chi connectivity index (χ0) is 18.9. The average Bonchev–Trinajstić information content (AvgIpc) is 3.35. The van der Waals surface area contributed by atoms with Crippen molar-refractivity contribution in [2.24, 2.45) is 0 Å². The van der Waals surface area contributed by atoms with Crippen molar-refractivity contribution in [3.63, 3.8) is 0 Å². The van der Waals surface area contributed by atoms with Gasteiger partial charge in [0.1, 0.15) is 12.3 Å². The molecule has 0 bridgehead atoms. The Morgan fingerprint density at radius 3 is 2.70 bits per heavy atom. The highest BCUT2D eigenvalue weighted by atomic mass is 19.1. The average molecular weight is 367 g/mol. The van der Waals surface area contributed by atoms with Crippen LogP contribution in [0.4, 0.5) is 4.39 Å². The SMILES string of the molecule is O=C(N[C@](F)(CO)c1nc(-c2n[nH]c3ccccc23)no1)c1ccccc1. The first-order chi connectivity index (χ1) is 13.1. The lowest BCUT2D eigenvalue weighted by atomic mass is 10.2. The van der Waals surface area contributed by atoms with E-state index in [9.17, 15) is 9.90 Å². The number of alkyl halides is 1. The zero-order valence-corrected chi connectivity index (χ0v) is 13.9. The molecule has 0 radical (unpaired) electrons. The number of aromatic amines is 1. The van der Waals surface area contributed by atoms with Gasteiger partial charge in [0.25, 0.3) is 17.6 Å². The third kappa shape index (κ3) is 3.04. The molecule has 9 heteroatoms. The van der Waals surface area contributed by atoms with Gasteiger partial charge in [0.05, 0.1) is 5.52 Å². The minimum Gasteiger partial charge on any atom is -0.390 e. The van der Waals surface area contributed by atoms with Crippen molar-refractivity contribution >= 4 is 16.8 Å². The molecule has 0 aliphatic heterocycles. The van der Waals surface area contributed by atoms with Crippen LogP contribution < -0.4 is 5.32 Å². The fraction of sp³-hybridized carbons (Fsp3) is 0.111. The zero-order valence-electron chi connectivity index (χ0n) is 13.9. The maximum atomic E-state index is 15.2. The predicted octanol–water partition coefficient (Wildman–Crippen LogP) is 2.16. The number of benzene rings is 2. The van der Waals surface area contributed by atoms with Crippen LogP contribution in [0.3, 0.4) is 0 Å². The molecule has 0 spiro atoms. The fourth-order valence-corrected chi connectivity index (χ4v) is 2.62. The summed E-state index contributed by atoms with van der Waals surface area (Å²) >= 11 is 0. The van der Waals surface area contributed by atoms with Gasteiger partial charge in [-0.2, -0.15) is 10.1 Å². The number of amides is 1. The Labute approximate surface area is 152 Å². The largest absolute Gasteiger partial charge is 0.390 e. The van der Waals surface area contributed by atoms with E-state index >= 15 is 4.39 Å². The normalized spacial score (nSPS) is 13.4. The molecule has 4 aromatic rings. The predicted molar refractivity (Wildman–Crippen MR) is 93.2 cm³/mol. The Bertz CT molecular complexity index is 1090. The molecule has 2 aromatic carbocycles. The van der Waals surface area contributed by atoms with Gasteiger partial charge in [-0.3, -0.25) is 9.89 Å². The van der Waals surface area contributed by atoms with Crippen molar-refractivity contribution in [1.29, 1.82) is 0 Å². The van der Waals surface area contributed by atoms with Gasteiger partial charge in [-0.15, -0.1) is 0 Å². The number of rotatable bonds is 5. The van der Waals surface area contributed by atoms with E-state index < -0.39 is 24.2 Å². The number of hydrogen-bond donors (Lipinski definition) is 3. The molecule has 1 amide bonds. The monoisotopic (exact) mass is 367 g/mol. The van der Waals surface area contributed by atoms with Crippen LogP contribution in [0.25, 0.3) is 22.4 Å². The van der Waals surface area contributed by atoms with Crippen LogP contribution >= 0.6 is 0 Å². The Morgan fingerprint density at radius 2 is 1.93 bits per heavy atom. The number of carbonyl (C=O) groups excluding carboxylic acids is 1. The summed E-state index contributed by atoms with van der Waals surface area (Å²) in [6, 6.07) is 15.3. The topological polar surface area (TPSA) is 117 Å². The van der Waals surface area contributed by atoms with Crippen LogP contribution in [0.15, 0.2) is 59.1 Å². The summed E-state index contributed by atoms with van der Waals surface area (Å²) in [5, 5.41) is 23.0. The highest BCUT2D eigenvalue weighted by Crippen LogP contribution is 2.27. The van der Waals surface area contributed by atoms with E-state index in [1.165, 1.54) is 12.1 Å². The number of aliphatic hydroxyl groups is 1. The summed E-state index contributed by atoms with van der Waals surface area (Å²) in [6.07, 6.45) is 0. The van der Waals surface area contributed by atoms with Gasteiger partial charge < -0.3 is 14.9 Å². The van der Waals surface area contributed by atoms with E-state index in [4.69, 9.17) is 4.52 Å². The number of nitrogens with one attached hydrogen (secondary N) is 2. The summed E-state index contributed by atoms with van der Waals surface area (Å²) in [5.41, 5.74) is 1.35. The summed E-state index contributed by atoms with van der Waals surface area (Å²) in [4.78, 5) is 16.2. The van der Waals surface area contributed by atoms with Crippen LogP contribution in [-0.2, 0) is 5.79 Å². The van der Waals surface area contributed by atoms with Crippen molar-refractivity contribution in [2.75, 3.05) is 6.61 Å². The first kappa shape index (κ1) is 16.9. The molecule has 3 N–H and O–H groups in total. The number of hydrogen-bond acceptors (Lipinski definition) is 6. The molecular formula is C18H14FN5O3. The number of aliphatic hydroxyl groups excluding tert-OH is 1. The molecule has 4 rings (SSSR count). The second-order valence-electron chi connectivity index (χ2n) is 5.82. The lowest BCUT2D eigenvalue weighted by molar-refractivity contribution is 0.00786. The van der Waals surface area contributed by atoms with Crippen molar-refractivity contribution in [3.8, 4) is 11.5 Å². The number of para-hydroxylation sites is 1. The maximum Gasteiger partial charge on any atom is 0.288 e. The lowest BCUT2D eigenvalue weighted by Gasteiger charge is -2.20. The van der Waals surface area contributed by atoms with Gasteiger partial charge in [0.2, 0.25) is 5.82 Å². The van der Waals surface area contributed by atoms with E-state index in [2.05, 4.69) is 25.7 Å². The van der Waals surface area contributed by atoms with E-state index in [-0.39, 0.29) is 11.4 Å². The molecule has 2 heterocycles. The summed E-state index contributed by atoms with van der Waals surface area (Å²) in [5.74, 6) is -4.00. The number of halogens is 1. The van der Waals surface area contributed by atoms with Crippen molar-refractivity contribution < 1.29 is 18.8 Å². The number of carbonyl (C=O) groups is 1. The van der Waals surface area contributed by atoms with Crippen LogP contribution in [-0.4, -0.2) is 38.0 Å². The van der Waals surface area contributed by atoms with Gasteiger partial charge in [-0.05, 0) is 18.2 Å². The molecule has 0 aliphatic carbocycles. The number of fused-ring (bicyclic) bond motifs is 1. The van der Waals surface area contributed by atoms with E-state index in [0.717, 1.165) is 10.9 Å². The van der Waals surface area contributed by atoms with Gasteiger partial charge in [0, 0.05) is 10.9 Å². The lowest BCUT2D eigenvalue weighted by Crippen LogP contribution is -2.45. The third-order valence-corrected chi connectivity index (χ3v) is 4.01. The number of aromatic nitrogens is 4. The molecule has 136 valence electrons. The maximum absolute atomic E-state index is 15.2. The molecule has 1 atom stereocenters. The van der Waals surface area contributed by atoms with Crippen molar-refractivity contribution in [2.45, 2.75) is 5.79 Å². The highest BCUT2D eigenvalue weighted by molar-refractivity contribution is 5.94. The smallest absolute Gasteiger partial charge is 0.288 e. The quantitative estimate of drug-likeness (QED) is 0.465. The van der Waals surface area contributed by atoms with Crippen LogP contribution in [0.2, 0.25) is 0 Å². The van der Waals surface area contributed by atoms with Gasteiger partial charge in [-0.1, -0.05) is 41.6 Å². The van der Waals surface area contributed by atoms with Gasteiger partial charge in [-0.25, -0.2) is 4.39 Å². The Kier molecular flexibility index (Phi) is 4.13. The van der Waals surface area contributed by atoms with Crippen molar-refractivity contribution in [1.82, 2.24) is 25.7 Å². The molecule has 0 unspecified atom stereocenters. The first-order valence-electron chi connectivity index (χ1n) is 8.06. The molecule has 0 saturated carbocycles. The summed E-state index contributed by atoms with van der Waals surface area (Å²) < 4.78 is 20.1. The molecule has 0 fully saturated rings. The third-order valence-electron chi connectivity index (χ3n) is 4.01. The number of nitrogens with zero attached hydrogens (tertiary/aromatic N) is 3. The van der Waals surface area contributed by atoms with Crippen LogP contribution in [0.5, 0.6) is 0 Å². The van der Waals surface area contributed by atoms with E-state index in [0.29, 0.717) is 5.69 Å². The highest BCUT2D eigenvalue weighted by Gasteiger charge is 2.40. The minimum absolute atomic E-state index is 0.0342. The van der Waals surface area contributed by atoms with E-state index in [1.807, 2.05) is 18.2 Å². The van der Waals surface area contributed by atoms with Gasteiger partial charge in [0.15, 0.2) is 0 Å². The summed E-state index contributed by atoms with van der Waals surface area (Å²) in [6.45, 7) is -1.07. The molecule has 2 aromatic heterocycles. The Balaban J connectivity index is 1.65. The molecule has 8 nitrogen and oxygen atoms in total. The van der Waals surface area contributed by atoms with Crippen LogP contribution in [0.1, 0.15) is 16.2 Å². The molecule has 0 aliphatic rings. The fourth-order valence-electron chi connectivity index (χ4n) is 2.62. The standard InChI is InChI=1S/C18H14FN5O3/c19-18(10-25,21-16(26)11-6-2-1-3-7-11)17-20-15(24-27-17)14-12-8-4-5-9-13(12)22-23-14/h1-9,25H,10H2,(H,21,26)(H,22,23)/t18-/m1/s1. The second kappa shape index (κ2) is 6.61. The number of H-pyrrole nitrogens is 1. The molecule has 0 saturated heterocycles.